The number of benzene rings is 2. The Morgan fingerprint density at radius 3 is 2.55 bits per heavy atom. The number of carbonyl (C=O) groups excluding carboxylic acids is 2. The lowest BCUT2D eigenvalue weighted by atomic mass is 10.0. The summed E-state index contributed by atoms with van der Waals surface area (Å²) in [5.74, 6) is -0.584. The molecule has 1 aromatic heterocycles. The topological polar surface area (TPSA) is 67.2 Å². The zero-order valence-electron chi connectivity index (χ0n) is 17.6. The van der Waals surface area contributed by atoms with Crippen molar-refractivity contribution < 1.29 is 14.0 Å². The fourth-order valence-electron chi connectivity index (χ4n) is 4.88. The summed E-state index contributed by atoms with van der Waals surface area (Å²) in [5.41, 5.74) is 6.20. The molecule has 1 aliphatic carbocycles. The van der Waals surface area contributed by atoms with Crippen molar-refractivity contribution in [3.8, 4) is 5.69 Å². The summed E-state index contributed by atoms with van der Waals surface area (Å²) in [4.78, 5) is 27.7. The quantitative estimate of drug-likeness (QED) is 0.648. The summed E-state index contributed by atoms with van der Waals surface area (Å²) in [6, 6.07) is 10.8. The van der Waals surface area contributed by atoms with Gasteiger partial charge in [-0.15, -0.1) is 0 Å². The predicted octanol–water partition coefficient (Wildman–Crippen LogP) is 4.22. The van der Waals surface area contributed by atoms with Crippen molar-refractivity contribution in [1.82, 2.24) is 20.0 Å². The first-order valence-electron chi connectivity index (χ1n) is 10.4. The van der Waals surface area contributed by atoms with Gasteiger partial charge in [0.2, 0.25) is 0 Å². The predicted molar refractivity (Wildman–Crippen MR) is 113 cm³/mol. The molecule has 1 N–H and O–H groups in total. The van der Waals surface area contributed by atoms with Gasteiger partial charge in [0.15, 0.2) is 0 Å². The molecule has 2 atom stereocenters. The first-order chi connectivity index (χ1) is 14.8. The summed E-state index contributed by atoms with van der Waals surface area (Å²) in [6.45, 7) is 5.72. The van der Waals surface area contributed by atoms with Crippen LogP contribution in [0.4, 0.5) is 9.18 Å². The second-order valence-electron chi connectivity index (χ2n) is 8.32. The van der Waals surface area contributed by atoms with Crippen molar-refractivity contribution >= 4 is 11.9 Å². The van der Waals surface area contributed by atoms with Crippen LogP contribution < -0.4 is 5.32 Å². The minimum absolute atomic E-state index is 0.249. The van der Waals surface area contributed by atoms with Crippen LogP contribution >= 0.6 is 0 Å². The Kier molecular flexibility index (Phi) is 4.43. The Balaban J connectivity index is 1.49. The van der Waals surface area contributed by atoms with E-state index in [1.807, 2.05) is 32.9 Å². The van der Waals surface area contributed by atoms with E-state index in [9.17, 15) is 14.0 Å². The average molecular weight is 418 g/mol. The highest BCUT2D eigenvalue weighted by Crippen LogP contribution is 2.40. The van der Waals surface area contributed by atoms with E-state index in [0.29, 0.717) is 16.9 Å². The Labute approximate surface area is 179 Å². The summed E-state index contributed by atoms with van der Waals surface area (Å²) < 4.78 is 15.0. The maximum Gasteiger partial charge on any atom is 0.325 e. The van der Waals surface area contributed by atoms with Gasteiger partial charge in [0.25, 0.3) is 5.91 Å². The lowest BCUT2D eigenvalue weighted by Gasteiger charge is -2.22. The number of amides is 3. The molecule has 2 unspecified atom stereocenters. The molecular formula is C24H23FN4O2. The number of nitrogens with one attached hydrogen (secondary N) is 1. The van der Waals surface area contributed by atoms with Gasteiger partial charge in [-0.1, -0.05) is 23.8 Å². The molecule has 0 radical (unpaired) electrons. The molecule has 6 nitrogen and oxygen atoms in total. The van der Waals surface area contributed by atoms with E-state index < -0.39 is 6.04 Å². The van der Waals surface area contributed by atoms with Gasteiger partial charge in [0.05, 0.1) is 17.4 Å². The third-order valence-corrected chi connectivity index (χ3v) is 6.33. The standard InChI is InChI=1S/C24H23FN4O2/c1-13-4-10-19-16(12-13)5-11-20(19)28-23(30)22(26-24(28)31)21-14(2)27-29(15(21)3)18-8-6-17(25)7-9-18/h4,6-10,12,20,22H,5,11H2,1-3H3,(H,26,31). The molecule has 1 fully saturated rings. The molecule has 31 heavy (non-hydrogen) atoms. The van der Waals surface area contributed by atoms with E-state index >= 15 is 0 Å². The maximum absolute atomic E-state index is 13.4. The number of hydrogen-bond acceptors (Lipinski definition) is 3. The molecule has 2 aromatic carbocycles. The first kappa shape index (κ1) is 19.5. The Hall–Kier alpha value is -3.48. The molecule has 3 amide bonds. The molecular weight excluding hydrogens is 395 g/mol. The number of aryl methyl sites for hydroxylation is 3. The average Bonchev–Trinajstić information content (AvgIpc) is 3.36. The molecule has 2 aliphatic rings. The minimum atomic E-state index is -0.781. The summed E-state index contributed by atoms with van der Waals surface area (Å²) >= 11 is 0. The molecule has 3 aromatic rings. The van der Waals surface area contributed by atoms with Crippen molar-refractivity contribution in [2.75, 3.05) is 0 Å². The van der Waals surface area contributed by atoms with Crippen molar-refractivity contribution in [3.63, 3.8) is 0 Å². The number of fused-ring (bicyclic) bond motifs is 1. The Morgan fingerprint density at radius 2 is 1.81 bits per heavy atom. The second-order valence-corrected chi connectivity index (χ2v) is 8.32. The molecule has 1 saturated heterocycles. The fourth-order valence-corrected chi connectivity index (χ4v) is 4.88. The number of hydrogen-bond donors (Lipinski definition) is 1. The van der Waals surface area contributed by atoms with Crippen molar-refractivity contribution in [1.29, 1.82) is 0 Å². The van der Waals surface area contributed by atoms with Gasteiger partial charge in [-0.2, -0.15) is 5.10 Å². The second kappa shape index (κ2) is 7.04. The third kappa shape index (κ3) is 3.03. The highest BCUT2D eigenvalue weighted by atomic mass is 19.1. The Bertz CT molecular complexity index is 1220. The van der Waals surface area contributed by atoms with Gasteiger partial charge in [0.1, 0.15) is 11.9 Å². The van der Waals surface area contributed by atoms with Crippen molar-refractivity contribution in [3.05, 3.63) is 81.9 Å². The molecule has 7 heteroatoms. The number of urea groups is 1. The van der Waals surface area contributed by atoms with E-state index in [4.69, 9.17) is 0 Å². The number of aromatic nitrogens is 2. The van der Waals surface area contributed by atoms with E-state index in [-0.39, 0.29) is 23.8 Å². The van der Waals surface area contributed by atoms with E-state index in [1.54, 1.807) is 16.8 Å². The van der Waals surface area contributed by atoms with E-state index in [0.717, 1.165) is 24.1 Å². The van der Waals surface area contributed by atoms with Crippen LogP contribution in [0.1, 0.15) is 52.1 Å². The number of nitrogens with zero attached hydrogens (tertiary/aromatic N) is 3. The van der Waals surface area contributed by atoms with E-state index in [1.165, 1.54) is 28.2 Å². The van der Waals surface area contributed by atoms with E-state index in [2.05, 4.69) is 16.5 Å². The van der Waals surface area contributed by atoms with Crippen LogP contribution in [0, 0.1) is 26.6 Å². The van der Waals surface area contributed by atoms with Crippen LogP contribution in [0.2, 0.25) is 0 Å². The van der Waals surface area contributed by atoms with Gasteiger partial charge < -0.3 is 5.32 Å². The van der Waals surface area contributed by atoms with Crippen LogP contribution in [-0.4, -0.2) is 26.6 Å². The fraction of sp³-hybridized carbons (Fsp3) is 0.292. The normalized spacial score (nSPS) is 20.3. The monoisotopic (exact) mass is 418 g/mol. The van der Waals surface area contributed by atoms with Gasteiger partial charge in [-0.05, 0) is 69.0 Å². The van der Waals surface area contributed by atoms with Gasteiger partial charge in [0, 0.05) is 11.3 Å². The number of rotatable bonds is 3. The minimum Gasteiger partial charge on any atom is -0.322 e. The lowest BCUT2D eigenvalue weighted by molar-refractivity contribution is -0.129. The highest BCUT2D eigenvalue weighted by molar-refractivity contribution is 6.05. The summed E-state index contributed by atoms with van der Waals surface area (Å²) in [5, 5.41) is 7.42. The molecule has 1 aliphatic heterocycles. The molecule has 5 rings (SSSR count). The van der Waals surface area contributed by atoms with Crippen LogP contribution in [0.3, 0.4) is 0 Å². The smallest absolute Gasteiger partial charge is 0.322 e. The first-order valence-corrected chi connectivity index (χ1v) is 10.4. The summed E-state index contributed by atoms with van der Waals surface area (Å²) in [6.07, 6.45) is 1.58. The third-order valence-electron chi connectivity index (χ3n) is 6.33. The number of imide groups is 1. The largest absolute Gasteiger partial charge is 0.325 e. The van der Waals surface area contributed by atoms with Crippen LogP contribution in [0.15, 0.2) is 42.5 Å². The Morgan fingerprint density at radius 1 is 1.06 bits per heavy atom. The summed E-state index contributed by atoms with van der Waals surface area (Å²) in [7, 11) is 0. The SMILES string of the molecule is Cc1ccc2c(c1)CCC2N1C(=O)NC(c2c(C)nn(-c3ccc(F)cc3)c2C)C1=O. The van der Waals surface area contributed by atoms with Crippen LogP contribution in [0.25, 0.3) is 5.69 Å². The van der Waals surface area contributed by atoms with Gasteiger partial charge in [-0.25, -0.2) is 13.9 Å². The van der Waals surface area contributed by atoms with Crippen LogP contribution in [0.5, 0.6) is 0 Å². The van der Waals surface area contributed by atoms with Gasteiger partial charge in [-0.3, -0.25) is 9.69 Å². The molecule has 158 valence electrons. The zero-order chi connectivity index (χ0) is 21.9. The molecule has 0 spiro atoms. The van der Waals surface area contributed by atoms with Crippen molar-refractivity contribution in [2.24, 2.45) is 0 Å². The number of carbonyl (C=O) groups is 2. The number of halogens is 1. The molecule has 2 heterocycles. The highest BCUT2D eigenvalue weighted by Gasteiger charge is 2.46. The zero-order valence-corrected chi connectivity index (χ0v) is 17.6. The molecule has 0 saturated carbocycles. The van der Waals surface area contributed by atoms with Crippen LogP contribution in [-0.2, 0) is 11.2 Å². The molecule has 0 bridgehead atoms. The lowest BCUT2D eigenvalue weighted by Crippen LogP contribution is -2.34. The van der Waals surface area contributed by atoms with Gasteiger partial charge >= 0.3 is 6.03 Å². The maximum atomic E-state index is 13.4. The van der Waals surface area contributed by atoms with Crippen molar-refractivity contribution in [2.45, 2.75) is 45.7 Å².